The van der Waals surface area contributed by atoms with E-state index in [2.05, 4.69) is 60.4 Å². The minimum Gasteiger partial charge on any atom is -0.493 e. The first-order chi connectivity index (χ1) is 14.6. The van der Waals surface area contributed by atoms with Crippen molar-refractivity contribution in [2.75, 3.05) is 45.3 Å². The number of methoxy groups -OCH3 is 2. The number of benzene rings is 2. The number of hydrogen-bond acceptors (Lipinski definition) is 5. The zero-order valence-corrected chi connectivity index (χ0v) is 18.6. The summed E-state index contributed by atoms with van der Waals surface area (Å²) in [5.74, 6) is 2.05. The van der Waals surface area contributed by atoms with Crippen LogP contribution in [0.3, 0.4) is 0 Å². The molecular weight excluding hydrogens is 373 g/mol. The van der Waals surface area contributed by atoms with E-state index in [1.165, 1.54) is 11.3 Å². The quantitative estimate of drug-likeness (QED) is 0.767. The van der Waals surface area contributed by atoms with E-state index in [4.69, 9.17) is 14.4 Å². The molecule has 1 fully saturated rings. The lowest BCUT2D eigenvalue weighted by atomic mass is 9.52. The third-order valence-corrected chi connectivity index (χ3v) is 6.51. The number of hydrogen-bond donors (Lipinski definition) is 1. The molecule has 1 N–H and O–H groups in total. The summed E-state index contributed by atoms with van der Waals surface area (Å²) in [7, 11) is 3.39. The fraction of sp³-hybridized carbons (Fsp3) is 0.458. The molecule has 1 saturated heterocycles. The van der Waals surface area contributed by atoms with Crippen LogP contribution in [-0.4, -0.2) is 53.0 Å². The minimum atomic E-state index is 0.266. The first-order valence-corrected chi connectivity index (χ1v) is 11.0. The van der Waals surface area contributed by atoms with Crippen LogP contribution in [0.2, 0.25) is 12.6 Å². The number of anilines is 1. The summed E-state index contributed by atoms with van der Waals surface area (Å²) >= 11 is 0. The van der Waals surface area contributed by atoms with Crippen molar-refractivity contribution in [3.63, 3.8) is 0 Å². The van der Waals surface area contributed by atoms with Crippen LogP contribution in [-0.2, 0) is 6.42 Å². The van der Waals surface area contributed by atoms with Crippen molar-refractivity contribution in [1.82, 2.24) is 5.32 Å². The predicted octanol–water partition coefficient (Wildman–Crippen LogP) is 3.91. The van der Waals surface area contributed by atoms with E-state index in [0.29, 0.717) is 5.82 Å². The summed E-state index contributed by atoms with van der Waals surface area (Å²) in [4.78, 5) is 7.65. The predicted molar refractivity (Wildman–Crippen MR) is 126 cm³/mol. The average molecular weight is 405 g/mol. The van der Waals surface area contributed by atoms with Crippen molar-refractivity contribution in [2.24, 2.45) is 4.90 Å². The summed E-state index contributed by atoms with van der Waals surface area (Å²) in [6.45, 7) is 8.94. The molecule has 158 valence electrons. The molecule has 4 rings (SSSR count). The van der Waals surface area contributed by atoms with Crippen LogP contribution in [0.15, 0.2) is 41.3 Å². The molecular formula is C24H32BN3O2. The van der Waals surface area contributed by atoms with Gasteiger partial charge in [0, 0.05) is 37.4 Å². The standard InChI is InChI=1S/C24H32BN3O2/c1-5-19-14-18-15-22(29-3)23(30-4)16-21(18)24(27-25(19)2)17-6-8-20(9-7-17)28-12-10-26-11-13-28/h6-9,15-16,19,26H,5,10-14H2,1-4H3. The second-order valence-electron chi connectivity index (χ2n) is 8.24. The monoisotopic (exact) mass is 405 g/mol. The summed E-state index contributed by atoms with van der Waals surface area (Å²) in [5, 5.41) is 3.42. The molecule has 1 atom stereocenters. The zero-order valence-electron chi connectivity index (χ0n) is 18.6. The van der Waals surface area contributed by atoms with Gasteiger partial charge in [0.05, 0.1) is 19.9 Å². The van der Waals surface area contributed by atoms with Crippen LogP contribution in [0.4, 0.5) is 5.69 Å². The molecule has 5 nitrogen and oxygen atoms in total. The third kappa shape index (κ3) is 4.06. The van der Waals surface area contributed by atoms with E-state index in [9.17, 15) is 0 Å². The lowest BCUT2D eigenvalue weighted by molar-refractivity contribution is 0.354. The van der Waals surface area contributed by atoms with Gasteiger partial charge < -0.3 is 24.6 Å². The number of rotatable bonds is 5. The maximum atomic E-state index is 5.61. The Morgan fingerprint density at radius 1 is 1.07 bits per heavy atom. The number of ether oxygens (including phenoxy) is 2. The first-order valence-electron chi connectivity index (χ1n) is 11.0. The molecule has 2 aromatic rings. The molecule has 0 amide bonds. The van der Waals surface area contributed by atoms with Crippen LogP contribution in [0.25, 0.3) is 0 Å². The molecule has 0 aliphatic carbocycles. The van der Waals surface area contributed by atoms with Gasteiger partial charge in [0.1, 0.15) is 0 Å². The van der Waals surface area contributed by atoms with Crippen LogP contribution in [0, 0.1) is 0 Å². The van der Waals surface area contributed by atoms with Crippen LogP contribution in [0.5, 0.6) is 11.5 Å². The van der Waals surface area contributed by atoms with Gasteiger partial charge in [-0.25, -0.2) is 0 Å². The fourth-order valence-electron chi connectivity index (χ4n) is 4.61. The molecule has 0 spiro atoms. The van der Waals surface area contributed by atoms with E-state index >= 15 is 0 Å². The minimum absolute atomic E-state index is 0.266. The van der Waals surface area contributed by atoms with Gasteiger partial charge in [-0.3, -0.25) is 0 Å². The van der Waals surface area contributed by atoms with Crippen molar-refractivity contribution in [3.8, 4) is 11.5 Å². The SMILES string of the molecule is CCC1Cc2cc(OC)c(OC)cc2C(c2ccc(N3CCNCC3)cc2)=NB1C. The Morgan fingerprint density at radius 2 is 1.73 bits per heavy atom. The highest BCUT2D eigenvalue weighted by Crippen LogP contribution is 2.37. The molecule has 0 radical (unpaired) electrons. The van der Waals surface area contributed by atoms with E-state index in [1.807, 2.05) is 0 Å². The highest BCUT2D eigenvalue weighted by atomic mass is 16.5. The van der Waals surface area contributed by atoms with E-state index in [1.54, 1.807) is 14.2 Å². The van der Waals surface area contributed by atoms with Crippen LogP contribution >= 0.6 is 0 Å². The molecule has 6 heteroatoms. The Bertz CT molecular complexity index is 907. The Morgan fingerprint density at radius 3 is 2.37 bits per heavy atom. The summed E-state index contributed by atoms with van der Waals surface area (Å²) in [5.41, 5.74) is 5.94. The molecule has 1 unspecified atom stereocenters. The van der Waals surface area contributed by atoms with Crippen molar-refractivity contribution in [1.29, 1.82) is 0 Å². The number of nitrogens with zero attached hydrogens (tertiary/aromatic N) is 2. The molecule has 2 heterocycles. The highest BCUT2D eigenvalue weighted by Gasteiger charge is 2.28. The van der Waals surface area contributed by atoms with Crippen molar-refractivity contribution in [3.05, 3.63) is 53.1 Å². The second-order valence-corrected chi connectivity index (χ2v) is 8.24. The molecule has 30 heavy (non-hydrogen) atoms. The van der Waals surface area contributed by atoms with E-state index in [-0.39, 0.29) is 6.85 Å². The smallest absolute Gasteiger partial charge is 0.280 e. The van der Waals surface area contributed by atoms with Crippen LogP contribution < -0.4 is 19.7 Å². The Hall–Kier alpha value is -2.47. The molecule has 2 aliphatic heterocycles. The lowest BCUT2D eigenvalue weighted by Gasteiger charge is -2.29. The largest absolute Gasteiger partial charge is 0.493 e. The zero-order chi connectivity index (χ0) is 21.1. The van der Waals surface area contributed by atoms with Gasteiger partial charge in [0.25, 0.3) is 6.85 Å². The summed E-state index contributed by atoms with van der Waals surface area (Å²) in [6.07, 6.45) is 2.10. The van der Waals surface area contributed by atoms with Crippen molar-refractivity contribution >= 4 is 18.2 Å². The van der Waals surface area contributed by atoms with E-state index in [0.717, 1.165) is 67.4 Å². The topological polar surface area (TPSA) is 46.1 Å². The number of fused-ring (bicyclic) bond motifs is 1. The molecule has 0 bridgehead atoms. The van der Waals surface area contributed by atoms with E-state index < -0.39 is 0 Å². The fourth-order valence-corrected chi connectivity index (χ4v) is 4.61. The lowest BCUT2D eigenvalue weighted by Crippen LogP contribution is -2.43. The number of nitrogens with one attached hydrogen (secondary N) is 1. The highest BCUT2D eigenvalue weighted by molar-refractivity contribution is 6.60. The molecule has 2 aliphatic rings. The maximum absolute atomic E-state index is 5.61. The number of piperazine rings is 1. The maximum Gasteiger partial charge on any atom is 0.280 e. The second kappa shape index (κ2) is 9.13. The molecule has 2 aromatic carbocycles. The average Bonchev–Trinajstić information content (AvgIpc) is 2.94. The third-order valence-electron chi connectivity index (χ3n) is 6.51. The molecule has 0 aromatic heterocycles. The van der Waals surface area contributed by atoms with Gasteiger partial charge in [0.15, 0.2) is 11.5 Å². The van der Waals surface area contributed by atoms with Gasteiger partial charge in [-0.2, -0.15) is 0 Å². The van der Waals surface area contributed by atoms with Crippen LogP contribution in [0.1, 0.15) is 30.0 Å². The van der Waals surface area contributed by atoms with Crippen molar-refractivity contribution < 1.29 is 9.47 Å². The Balaban J connectivity index is 1.76. The Labute approximate surface area is 180 Å². The Kier molecular flexibility index (Phi) is 6.33. The van der Waals surface area contributed by atoms with Gasteiger partial charge in [0.2, 0.25) is 0 Å². The molecule has 0 saturated carbocycles. The van der Waals surface area contributed by atoms with Gasteiger partial charge >= 0.3 is 0 Å². The van der Waals surface area contributed by atoms with Gasteiger partial charge in [-0.15, -0.1) is 0 Å². The first kappa shape index (κ1) is 20.8. The van der Waals surface area contributed by atoms with Gasteiger partial charge in [-0.1, -0.05) is 32.3 Å². The van der Waals surface area contributed by atoms with Gasteiger partial charge in [-0.05, 0) is 47.6 Å². The van der Waals surface area contributed by atoms with Crippen molar-refractivity contribution in [2.45, 2.75) is 32.4 Å². The summed E-state index contributed by atoms with van der Waals surface area (Å²) < 4.78 is 11.2. The summed E-state index contributed by atoms with van der Waals surface area (Å²) in [6, 6.07) is 13.1. The normalized spacial score (nSPS) is 19.1.